The normalized spacial score (nSPS) is 11.7. The lowest BCUT2D eigenvalue weighted by atomic mass is 10.2. The molecule has 0 atom stereocenters. The van der Waals surface area contributed by atoms with Crippen LogP contribution in [0.4, 0.5) is 0 Å². The maximum Gasteiger partial charge on any atom is 0.238 e. The zero-order valence-electron chi connectivity index (χ0n) is 7.33. The van der Waals surface area contributed by atoms with Gasteiger partial charge in [0.25, 0.3) is 0 Å². The van der Waals surface area contributed by atoms with Crippen LogP contribution in [0.5, 0.6) is 0 Å². The summed E-state index contributed by atoms with van der Waals surface area (Å²) in [6.45, 7) is 3.44. The second-order valence-electron chi connectivity index (χ2n) is 2.91. The van der Waals surface area contributed by atoms with E-state index in [0.717, 1.165) is 4.47 Å². The van der Waals surface area contributed by atoms with Crippen molar-refractivity contribution in [2.45, 2.75) is 18.7 Å². The first kappa shape index (κ1) is 10.7. The SMILES string of the molecule is Cc1cc(Br)cc(C)c1S(N)(=O)=O. The van der Waals surface area contributed by atoms with E-state index in [9.17, 15) is 8.42 Å². The van der Waals surface area contributed by atoms with Gasteiger partial charge in [0.05, 0.1) is 4.90 Å². The van der Waals surface area contributed by atoms with Crippen LogP contribution in [0.2, 0.25) is 0 Å². The molecule has 0 saturated carbocycles. The second kappa shape index (κ2) is 3.40. The van der Waals surface area contributed by atoms with E-state index in [-0.39, 0.29) is 4.90 Å². The van der Waals surface area contributed by atoms with E-state index in [1.165, 1.54) is 0 Å². The molecule has 1 aromatic carbocycles. The zero-order valence-corrected chi connectivity index (χ0v) is 9.74. The van der Waals surface area contributed by atoms with Gasteiger partial charge in [-0.15, -0.1) is 0 Å². The monoisotopic (exact) mass is 263 g/mol. The van der Waals surface area contributed by atoms with Crippen molar-refractivity contribution in [3.05, 3.63) is 27.7 Å². The molecule has 1 rings (SSSR count). The molecule has 0 aliphatic rings. The van der Waals surface area contributed by atoms with Gasteiger partial charge in [0.1, 0.15) is 0 Å². The van der Waals surface area contributed by atoms with Gasteiger partial charge in [-0.1, -0.05) is 15.9 Å². The average molecular weight is 264 g/mol. The summed E-state index contributed by atoms with van der Waals surface area (Å²) in [5.74, 6) is 0. The van der Waals surface area contributed by atoms with Crippen LogP contribution in [-0.4, -0.2) is 8.42 Å². The van der Waals surface area contributed by atoms with Crippen molar-refractivity contribution in [3.63, 3.8) is 0 Å². The lowest BCUT2D eigenvalue weighted by Crippen LogP contribution is -2.15. The molecule has 0 aromatic heterocycles. The minimum Gasteiger partial charge on any atom is -0.225 e. The van der Waals surface area contributed by atoms with Crippen LogP contribution < -0.4 is 5.14 Å². The Kier molecular flexibility index (Phi) is 2.79. The summed E-state index contributed by atoms with van der Waals surface area (Å²) in [4.78, 5) is 0.218. The highest BCUT2D eigenvalue weighted by Crippen LogP contribution is 2.23. The Morgan fingerprint density at radius 2 is 1.62 bits per heavy atom. The molecule has 0 aliphatic heterocycles. The molecule has 72 valence electrons. The topological polar surface area (TPSA) is 60.2 Å². The molecule has 0 radical (unpaired) electrons. The van der Waals surface area contributed by atoms with Gasteiger partial charge in [-0.2, -0.15) is 0 Å². The van der Waals surface area contributed by atoms with Gasteiger partial charge in [0, 0.05) is 4.47 Å². The highest BCUT2D eigenvalue weighted by atomic mass is 79.9. The number of nitrogens with two attached hydrogens (primary N) is 1. The number of primary sulfonamides is 1. The third-order valence-electron chi connectivity index (χ3n) is 1.71. The lowest BCUT2D eigenvalue weighted by molar-refractivity contribution is 0.596. The van der Waals surface area contributed by atoms with Gasteiger partial charge in [-0.05, 0) is 37.1 Å². The molecule has 0 fully saturated rings. The van der Waals surface area contributed by atoms with E-state index in [1.54, 1.807) is 26.0 Å². The van der Waals surface area contributed by atoms with Gasteiger partial charge in [0.15, 0.2) is 0 Å². The number of sulfonamides is 1. The molecule has 3 nitrogen and oxygen atoms in total. The fourth-order valence-corrected chi connectivity index (χ4v) is 3.05. The maximum atomic E-state index is 11.1. The number of hydrogen-bond acceptors (Lipinski definition) is 2. The van der Waals surface area contributed by atoms with Crippen LogP contribution >= 0.6 is 15.9 Å². The quantitative estimate of drug-likeness (QED) is 0.839. The van der Waals surface area contributed by atoms with E-state index in [1.807, 2.05) is 0 Å². The Labute approximate surface area is 86.1 Å². The summed E-state index contributed by atoms with van der Waals surface area (Å²) in [5.41, 5.74) is 1.32. The molecular formula is C8H10BrNO2S. The molecule has 13 heavy (non-hydrogen) atoms. The Morgan fingerprint density at radius 1 is 1.23 bits per heavy atom. The smallest absolute Gasteiger partial charge is 0.225 e. The van der Waals surface area contributed by atoms with Gasteiger partial charge in [-0.3, -0.25) is 0 Å². The Bertz CT molecular complexity index is 416. The average Bonchev–Trinajstić information content (AvgIpc) is 1.78. The van der Waals surface area contributed by atoms with Crippen molar-refractivity contribution in [2.75, 3.05) is 0 Å². The zero-order chi connectivity index (χ0) is 10.2. The Morgan fingerprint density at radius 3 is 1.92 bits per heavy atom. The van der Waals surface area contributed by atoms with Gasteiger partial charge < -0.3 is 0 Å². The first-order valence-corrected chi connectivity index (χ1v) is 5.96. The fraction of sp³-hybridized carbons (Fsp3) is 0.250. The molecule has 0 saturated heterocycles. The third kappa shape index (κ3) is 2.30. The molecule has 0 spiro atoms. The Balaban J connectivity index is 3.57. The van der Waals surface area contributed by atoms with E-state index in [4.69, 9.17) is 5.14 Å². The van der Waals surface area contributed by atoms with Crippen LogP contribution in [0.15, 0.2) is 21.5 Å². The number of halogens is 1. The molecular weight excluding hydrogens is 254 g/mol. The van der Waals surface area contributed by atoms with E-state index < -0.39 is 10.0 Å². The van der Waals surface area contributed by atoms with Crippen molar-refractivity contribution in [1.82, 2.24) is 0 Å². The van der Waals surface area contributed by atoms with Gasteiger partial charge in [-0.25, -0.2) is 13.6 Å². The van der Waals surface area contributed by atoms with Crippen LogP contribution in [0.3, 0.4) is 0 Å². The van der Waals surface area contributed by atoms with Crippen molar-refractivity contribution < 1.29 is 8.42 Å². The number of benzene rings is 1. The number of rotatable bonds is 1. The fourth-order valence-electron chi connectivity index (χ4n) is 1.35. The third-order valence-corrected chi connectivity index (χ3v) is 3.38. The van der Waals surface area contributed by atoms with Crippen LogP contribution in [0, 0.1) is 13.8 Å². The minimum absolute atomic E-state index is 0.218. The van der Waals surface area contributed by atoms with Crippen LogP contribution in [-0.2, 0) is 10.0 Å². The molecule has 0 heterocycles. The largest absolute Gasteiger partial charge is 0.238 e. The molecule has 5 heteroatoms. The van der Waals surface area contributed by atoms with E-state index >= 15 is 0 Å². The predicted octanol–water partition coefficient (Wildman–Crippen LogP) is 1.71. The number of aryl methyl sites for hydroxylation is 2. The van der Waals surface area contributed by atoms with Crippen molar-refractivity contribution >= 4 is 26.0 Å². The standard InChI is InChI=1S/C8H10BrNO2S/c1-5-3-7(9)4-6(2)8(5)13(10,11)12/h3-4H,1-2H3,(H2,10,11,12). The second-order valence-corrected chi connectivity index (χ2v) is 5.33. The van der Waals surface area contributed by atoms with Crippen molar-refractivity contribution in [1.29, 1.82) is 0 Å². The molecule has 0 aliphatic carbocycles. The molecule has 1 aromatic rings. The van der Waals surface area contributed by atoms with Crippen LogP contribution in [0.25, 0.3) is 0 Å². The Hall–Kier alpha value is -0.390. The summed E-state index contributed by atoms with van der Waals surface area (Å²) in [5, 5.41) is 5.07. The first-order valence-electron chi connectivity index (χ1n) is 3.62. The van der Waals surface area contributed by atoms with Crippen LogP contribution in [0.1, 0.15) is 11.1 Å². The van der Waals surface area contributed by atoms with Gasteiger partial charge >= 0.3 is 0 Å². The summed E-state index contributed by atoms with van der Waals surface area (Å²) < 4.78 is 23.2. The highest BCUT2D eigenvalue weighted by Gasteiger charge is 2.14. The minimum atomic E-state index is -3.60. The molecule has 0 unspecified atom stereocenters. The van der Waals surface area contributed by atoms with E-state index in [2.05, 4.69) is 15.9 Å². The summed E-state index contributed by atoms with van der Waals surface area (Å²) in [6, 6.07) is 3.46. The van der Waals surface area contributed by atoms with Crippen molar-refractivity contribution in [2.24, 2.45) is 5.14 Å². The highest BCUT2D eigenvalue weighted by molar-refractivity contribution is 9.10. The predicted molar refractivity (Wildman–Crippen MR) is 55.0 cm³/mol. The van der Waals surface area contributed by atoms with Gasteiger partial charge in [0.2, 0.25) is 10.0 Å². The molecule has 0 bridgehead atoms. The first-order chi connectivity index (χ1) is 5.82. The molecule has 2 N–H and O–H groups in total. The summed E-state index contributed by atoms with van der Waals surface area (Å²) in [6.07, 6.45) is 0. The molecule has 0 amide bonds. The summed E-state index contributed by atoms with van der Waals surface area (Å²) >= 11 is 3.28. The van der Waals surface area contributed by atoms with Crippen molar-refractivity contribution in [3.8, 4) is 0 Å². The summed E-state index contributed by atoms with van der Waals surface area (Å²) in [7, 11) is -3.60. The lowest BCUT2D eigenvalue weighted by Gasteiger charge is -2.07. The maximum absolute atomic E-state index is 11.1. The number of hydrogen-bond donors (Lipinski definition) is 1. The van der Waals surface area contributed by atoms with E-state index in [0.29, 0.717) is 11.1 Å².